The Labute approximate surface area is 211 Å². The molecule has 0 aromatic heterocycles. The first-order valence-corrected chi connectivity index (χ1v) is 12.1. The van der Waals surface area contributed by atoms with Gasteiger partial charge in [0.25, 0.3) is 5.91 Å². The van der Waals surface area contributed by atoms with E-state index in [4.69, 9.17) is 4.74 Å². The number of nitrogens with zero attached hydrogens (tertiary/aromatic N) is 1. The Balaban J connectivity index is 1.66. The molecule has 1 aliphatic heterocycles. The molecule has 0 atom stereocenters. The number of hydrogen-bond acceptors (Lipinski definition) is 6. The number of benzene rings is 3. The van der Waals surface area contributed by atoms with Gasteiger partial charge in [-0.15, -0.1) is 0 Å². The fourth-order valence-corrected chi connectivity index (χ4v) is 4.19. The summed E-state index contributed by atoms with van der Waals surface area (Å²) in [6.07, 6.45) is 0.978. The number of anilines is 2. The number of nitrogens with one attached hydrogen (secondary N) is 1. The van der Waals surface area contributed by atoms with Crippen LogP contribution in [0.3, 0.4) is 0 Å². The molecule has 1 amide bonds. The molecule has 1 aliphatic rings. The normalized spacial score (nSPS) is 14.4. The average molecular weight is 489 g/mol. The molecular formula is C29H32N2O5. The van der Waals surface area contributed by atoms with E-state index in [2.05, 4.69) is 10.2 Å². The molecule has 36 heavy (non-hydrogen) atoms. The molecule has 1 heterocycles. The van der Waals surface area contributed by atoms with Gasteiger partial charge < -0.3 is 25.2 Å². The molecule has 0 aliphatic carbocycles. The van der Waals surface area contributed by atoms with Crippen LogP contribution in [0.15, 0.2) is 66.7 Å². The first-order chi connectivity index (χ1) is 17.1. The third-order valence-corrected chi connectivity index (χ3v) is 6.05. The number of amides is 1. The zero-order valence-electron chi connectivity index (χ0n) is 20.8. The van der Waals surface area contributed by atoms with Gasteiger partial charge in [0, 0.05) is 18.8 Å². The van der Waals surface area contributed by atoms with Crippen molar-refractivity contribution in [3.05, 3.63) is 77.9 Å². The molecule has 0 spiro atoms. The van der Waals surface area contributed by atoms with E-state index in [0.717, 1.165) is 16.8 Å². The van der Waals surface area contributed by atoms with Crippen LogP contribution in [0.1, 0.15) is 54.3 Å². The number of aliphatic hydroxyl groups excluding tert-OH is 1. The van der Waals surface area contributed by atoms with Gasteiger partial charge in [0.05, 0.1) is 22.9 Å². The molecule has 188 valence electrons. The number of rotatable bonds is 5. The molecule has 0 unspecified atom stereocenters. The van der Waals surface area contributed by atoms with Crippen molar-refractivity contribution in [3.63, 3.8) is 0 Å². The van der Waals surface area contributed by atoms with Gasteiger partial charge in [-0.2, -0.15) is 0 Å². The van der Waals surface area contributed by atoms with Gasteiger partial charge in [0.15, 0.2) is 0 Å². The molecule has 0 bridgehead atoms. The highest BCUT2D eigenvalue weighted by Crippen LogP contribution is 2.30. The van der Waals surface area contributed by atoms with Gasteiger partial charge in [0.2, 0.25) is 0 Å². The molecule has 0 saturated carbocycles. The van der Waals surface area contributed by atoms with Crippen molar-refractivity contribution < 1.29 is 24.5 Å². The fourth-order valence-electron chi connectivity index (χ4n) is 4.19. The lowest BCUT2D eigenvalue weighted by atomic mass is 10.0. The average Bonchev–Trinajstić information content (AvgIpc) is 2.84. The molecule has 1 saturated heterocycles. The van der Waals surface area contributed by atoms with Crippen molar-refractivity contribution in [1.82, 2.24) is 0 Å². The first-order valence-electron chi connectivity index (χ1n) is 12.1. The molecule has 1 fully saturated rings. The van der Waals surface area contributed by atoms with Gasteiger partial charge in [-0.05, 0) is 75.1 Å². The second-order valence-electron chi connectivity index (χ2n) is 10.0. The van der Waals surface area contributed by atoms with E-state index in [1.807, 2.05) is 36.4 Å². The van der Waals surface area contributed by atoms with Crippen molar-refractivity contribution in [2.45, 2.75) is 45.3 Å². The van der Waals surface area contributed by atoms with Crippen LogP contribution in [-0.4, -0.2) is 46.9 Å². The van der Waals surface area contributed by atoms with Crippen molar-refractivity contribution in [1.29, 1.82) is 0 Å². The lowest BCUT2D eigenvalue weighted by Crippen LogP contribution is -2.35. The van der Waals surface area contributed by atoms with Crippen molar-refractivity contribution in [2.24, 2.45) is 0 Å². The number of esters is 1. The number of phenolic OH excluding ortho intramolecular Hbond substituents is 1. The van der Waals surface area contributed by atoms with Crippen LogP contribution in [0.4, 0.5) is 11.4 Å². The lowest BCUT2D eigenvalue weighted by Gasteiger charge is -2.31. The number of phenols is 1. The number of hydrogen-bond donors (Lipinski definition) is 3. The maximum atomic E-state index is 13.3. The van der Waals surface area contributed by atoms with E-state index < -0.39 is 17.5 Å². The van der Waals surface area contributed by atoms with Crippen LogP contribution in [0.25, 0.3) is 11.1 Å². The molecule has 4 rings (SSSR count). The zero-order valence-corrected chi connectivity index (χ0v) is 20.8. The largest absolute Gasteiger partial charge is 0.507 e. The third kappa shape index (κ3) is 6.04. The molecule has 3 N–H and O–H groups in total. The molecule has 7 nitrogen and oxygen atoms in total. The Morgan fingerprint density at radius 2 is 1.61 bits per heavy atom. The summed E-state index contributed by atoms with van der Waals surface area (Å²) in [4.78, 5) is 28.4. The fraction of sp³-hybridized carbons (Fsp3) is 0.310. The highest BCUT2D eigenvalue weighted by Gasteiger charge is 2.24. The van der Waals surface area contributed by atoms with E-state index in [0.29, 0.717) is 31.6 Å². The Kier molecular flexibility index (Phi) is 7.31. The van der Waals surface area contributed by atoms with Gasteiger partial charge in [-0.25, -0.2) is 4.79 Å². The third-order valence-electron chi connectivity index (χ3n) is 6.05. The highest BCUT2D eigenvalue weighted by atomic mass is 16.6. The Bertz CT molecular complexity index is 1240. The summed E-state index contributed by atoms with van der Waals surface area (Å²) in [6, 6.07) is 19.7. The Morgan fingerprint density at radius 1 is 0.917 bits per heavy atom. The predicted octanol–water partition coefficient (Wildman–Crippen LogP) is 5.23. The van der Waals surface area contributed by atoms with Crippen LogP contribution in [0.5, 0.6) is 5.75 Å². The Hall–Kier alpha value is -3.84. The summed E-state index contributed by atoms with van der Waals surface area (Å²) in [5, 5.41) is 23.1. The van der Waals surface area contributed by atoms with Gasteiger partial charge in [-0.1, -0.05) is 36.4 Å². The molecule has 0 radical (unpaired) electrons. The number of aliphatic hydroxyl groups is 1. The molecule has 3 aromatic carbocycles. The van der Waals surface area contributed by atoms with Gasteiger partial charge in [-0.3, -0.25) is 4.79 Å². The summed E-state index contributed by atoms with van der Waals surface area (Å²) in [5.74, 6) is -1.25. The number of aromatic hydroxyl groups is 1. The summed E-state index contributed by atoms with van der Waals surface area (Å²) in [5.41, 5.74) is 2.45. The number of carbonyl (C=O) groups excluding carboxylic acids is 2. The van der Waals surface area contributed by atoms with Gasteiger partial charge >= 0.3 is 5.97 Å². The second-order valence-corrected chi connectivity index (χ2v) is 10.0. The van der Waals surface area contributed by atoms with E-state index in [1.165, 1.54) is 6.07 Å². The zero-order chi connectivity index (χ0) is 25.9. The van der Waals surface area contributed by atoms with Crippen LogP contribution in [0.2, 0.25) is 0 Å². The number of piperidine rings is 1. The number of carbonyl (C=O) groups is 2. The predicted molar refractivity (Wildman–Crippen MR) is 141 cm³/mol. The molecule has 7 heteroatoms. The summed E-state index contributed by atoms with van der Waals surface area (Å²) in [7, 11) is 0. The quantitative estimate of drug-likeness (QED) is 0.426. The monoisotopic (exact) mass is 488 g/mol. The maximum absolute atomic E-state index is 13.3. The van der Waals surface area contributed by atoms with E-state index in [-0.39, 0.29) is 23.0 Å². The van der Waals surface area contributed by atoms with E-state index in [1.54, 1.807) is 45.0 Å². The highest BCUT2D eigenvalue weighted by molar-refractivity contribution is 6.10. The maximum Gasteiger partial charge on any atom is 0.340 e. The van der Waals surface area contributed by atoms with Gasteiger partial charge in [0.1, 0.15) is 11.4 Å². The minimum absolute atomic E-state index is 0.0962. The molecular weight excluding hydrogens is 456 g/mol. The van der Waals surface area contributed by atoms with Crippen LogP contribution < -0.4 is 10.2 Å². The first kappa shape index (κ1) is 25.3. The van der Waals surface area contributed by atoms with Crippen molar-refractivity contribution in [3.8, 4) is 16.9 Å². The number of ether oxygens (including phenoxy) is 1. The summed E-state index contributed by atoms with van der Waals surface area (Å²) in [6.45, 7) is 6.67. The minimum atomic E-state index is -0.703. The van der Waals surface area contributed by atoms with Crippen LogP contribution in [-0.2, 0) is 4.74 Å². The standard InChI is InChI=1S/C29H32N2O5/c1-29(2,3)36-28(35)23-11-9-20(19-7-5-4-6-8-19)17-25(23)30-27(34)24-18-21(10-12-26(24)33)31-15-13-22(32)14-16-31/h4-12,17-18,22,32-33H,13-16H2,1-3H3,(H,30,34). The topological polar surface area (TPSA) is 99.1 Å². The minimum Gasteiger partial charge on any atom is -0.507 e. The summed E-state index contributed by atoms with van der Waals surface area (Å²) < 4.78 is 5.56. The SMILES string of the molecule is CC(C)(C)OC(=O)c1ccc(-c2ccccc2)cc1NC(=O)c1cc(N2CCC(O)CC2)ccc1O. The van der Waals surface area contributed by atoms with Crippen molar-refractivity contribution in [2.75, 3.05) is 23.3 Å². The second kappa shape index (κ2) is 10.4. The Morgan fingerprint density at radius 3 is 2.28 bits per heavy atom. The van der Waals surface area contributed by atoms with Crippen LogP contribution >= 0.6 is 0 Å². The smallest absolute Gasteiger partial charge is 0.340 e. The van der Waals surface area contributed by atoms with E-state index >= 15 is 0 Å². The van der Waals surface area contributed by atoms with Crippen molar-refractivity contribution >= 4 is 23.3 Å². The van der Waals surface area contributed by atoms with Crippen LogP contribution in [0, 0.1) is 0 Å². The molecule has 3 aromatic rings. The summed E-state index contributed by atoms with van der Waals surface area (Å²) >= 11 is 0. The van der Waals surface area contributed by atoms with E-state index in [9.17, 15) is 19.8 Å². The lowest BCUT2D eigenvalue weighted by molar-refractivity contribution is 0.00707.